The first-order chi connectivity index (χ1) is 11.7. The lowest BCUT2D eigenvalue weighted by Crippen LogP contribution is -2.35. The van der Waals surface area contributed by atoms with E-state index in [1.54, 1.807) is 6.20 Å². The van der Waals surface area contributed by atoms with Crippen molar-refractivity contribution < 1.29 is 4.79 Å². The maximum Gasteiger partial charge on any atom is 0.268 e. The fourth-order valence-electron chi connectivity index (χ4n) is 3.78. The molecule has 7 heteroatoms. The van der Waals surface area contributed by atoms with Gasteiger partial charge in [0.1, 0.15) is 17.3 Å². The third kappa shape index (κ3) is 2.74. The third-order valence-corrected chi connectivity index (χ3v) is 5.09. The second-order valence-corrected chi connectivity index (χ2v) is 6.60. The Morgan fingerprint density at radius 3 is 2.75 bits per heavy atom. The molecule has 0 aliphatic carbocycles. The standard InChI is InChI=1S/C17H22N6O/c18-16(24)14-10-19-11-15(21-14)22-7-4-12(5-8-22)17-20-9-13-3-1-2-6-23(13)17/h9-12H,1-8H2,(H2,18,24). The van der Waals surface area contributed by atoms with Crippen LogP contribution < -0.4 is 10.6 Å². The average Bonchev–Trinajstić information content (AvgIpc) is 3.06. The van der Waals surface area contributed by atoms with E-state index in [1.807, 2.05) is 0 Å². The Bertz CT molecular complexity index is 747. The molecule has 2 aromatic rings. The molecule has 0 radical (unpaired) electrons. The van der Waals surface area contributed by atoms with Gasteiger partial charge >= 0.3 is 0 Å². The number of piperidine rings is 1. The van der Waals surface area contributed by atoms with Gasteiger partial charge in [-0.3, -0.25) is 9.78 Å². The molecule has 0 spiro atoms. The molecule has 2 aliphatic heterocycles. The van der Waals surface area contributed by atoms with Crippen LogP contribution in [0.3, 0.4) is 0 Å². The van der Waals surface area contributed by atoms with Crippen LogP contribution in [0.4, 0.5) is 5.82 Å². The van der Waals surface area contributed by atoms with Crippen LogP contribution in [-0.2, 0) is 13.0 Å². The first-order valence-electron chi connectivity index (χ1n) is 8.63. The highest BCUT2D eigenvalue weighted by molar-refractivity contribution is 5.90. The molecule has 0 unspecified atom stereocenters. The topological polar surface area (TPSA) is 89.9 Å². The molecule has 1 fully saturated rings. The minimum absolute atomic E-state index is 0.219. The van der Waals surface area contributed by atoms with Gasteiger partial charge in [-0.25, -0.2) is 9.97 Å². The number of imidazole rings is 1. The number of rotatable bonds is 3. The summed E-state index contributed by atoms with van der Waals surface area (Å²) >= 11 is 0. The Labute approximate surface area is 140 Å². The van der Waals surface area contributed by atoms with Crippen molar-refractivity contribution in [2.75, 3.05) is 18.0 Å². The van der Waals surface area contributed by atoms with Gasteiger partial charge in [0, 0.05) is 37.4 Å². The predicted molar refractivity (Wildman–Crippen MR) is 89.9 cm³/mol. The predicted octanol–water partition coefficient (Wildman–Crippen LogP) is 1.49. The van der Waals surface area contributed by atoms with Crippen molar-refractivity contribution in [2.45, 2.75) is 44.6 Å². The van der Waals surface area contributed by atoms with Crippen LogP contribution in [-0.4, -0.2) is 38.5 Å². The van der Waals surface area contributed by atoms with Crippen molar-refractivity contribution in [3.63, 3.8) is 0 Å². The first-order valence-corrected chi connectivity index (χ1v) is 8.63. The number of carbonyl (C=O) groups is 1. The zero-order valence-electron chi connectivity index (χ0n) is 13.7. The smallest absolute Gasteiger partial charge is 0.268 e. The minimum atomic E-state index is -0.539. The lowest BCUT2D eigenvalue weighted by atomic mass is 9.95. The van der Waals surface area contributed by atoms with Gasteiger partial charge in [0.2, 0.25) is 0 Å². The zero-order chi connectivity index (χ0) is 16.5. The van der Waals surface area contributed by atoms with Gasteiger partial charge in [0.15, 0.2) is 0 Å². The van der Waals surface area contributed by atoms with Crippen LogP contribution in [0, 0.1) is 0 Å². The molecule has 24 heavy (non-hydrogen) atoms. The molecule has 7 nitrogen and oxygen atoms in total. The molecular formula is C17H22N6O. The van der Waals surface area contributed by atoms with Gasteiger partial charge in [-0.15, -0.1) is 0 Å². The number of nitrogens with zero attached hydrogens (tertiary/aromatic N) is 5. The number of anilines is 1. The summed E-state index contributed by atoms with van der Waals surface area (Å²) in [5.74, 6) is 1.94. The van der Waals surface area contributed by atoms with Crippen LogP contribution >= 0.6 is 0 Å². The summed E-state index contributed by atoms with van der Waals surface area (Å²) in [6.07, 6.45) is 10.9. The number of primary amides is 1. The van der Waals surface area contributed by atoms with E-state index in [-0.39, 0.29) is 5.69 Å². The lowest BCUT2D eigenvalue weighted by Gasteiger charge is -2.33. The Morgan fingerprint density at radius 2 is 1.96 bits per heavy atom. The molecule has 4 heterocycles. The Hall–Kier alpha value is -2.44. The van der Waals surface area contributed by atoms with E-state index < -0.39 is 5.91 Å². The molecule has 4 rings (SSSR count). The van der Waals surface area contributed by atoms with Crippen molar-refractivity contribution >= 4 is 11.7 Å². The normalized spacial score (nSPS) is 18.4. The molecule has 1 saturated heterocycles. The molecule has 2 aromatic heterocycles. The fraction of sp³-hybridized carbons (Fsp3) is 0.529. The number of aromatic nitrogens is 4. The van der Waals surface area contributed by atoms with Crippen LogP contribution in [0.15, 0.2) is 18.6 Å². The van der Waals surface area contributed by atoms with Crippen molar-refractivity contribution in [1.29, 1.82) is 0 Å². The Kier molecular flexibility index (Phi) is 3.92. The van der Waals surface area contributed by atoms with E-state index in [2.05, 4.69) is 25.6 Å². The maximum absolute atomic E-state index is 11.3. The van der Waals surface area contributed by atoms with E-state index in [0.717, 1.165) is 44.7 Å². The molecule has 0 atom stereocenters. The van der Waals surface area contributed by atoms with Crippen LogP contribution in [0.5, 0.6) is 0 Å². The molecule has 2 N–H and O–H groups in total. The summed E-state index contributed by atoms with van der Waals surface area (Å²) in [4.78, 5) is 26.6. The van der Waals surface area contributed by atoms with Crippen molar-refractivity contribution in [3.05, 3.63) is 35.8 Å². The molecule has 2 aliphatic rings. The van der Waals surface area contributed by atoms with Gasteiger partial charge in [-0.2, -0.15) is 0 Å². The van der Waals surface area contributed by atoms with Crippen molar-refractivity contribution in [1.82, 2.24) is 19.5 Å². The third-order valence-electron chi connectivity index (χ3n) is 5.09. The highest BCUT2D eigenvalue weighted by Gasteiger charge is 2.26. The van der Waals surface area contributed by atoms with Gasteiger partial charge in [-0.1, -0.05) is 0 Å². The minimum Gasteiger partial charge on any atom is -0.364 e. The molecule has 0 saturated carbocycles. The summed E-state index contributed by atoms with van der Waals surface area (Å²) in [6, 6.07) is 0. The summed E-state index contributed by atoms with van der Waals surface area (Å²) in [5.41, 5.74) is 6.90. The van der Waals surface area contributed by atoms with Crippen molar-refractivity contribution in [2.24, 2.45) is 5.73 Å². The second-order valence-electron chi connectivity index (χ2n) is 6.60. The van der Waals surface area contributed by atoms with Crippen LogP contribution in [0.25, 0.3) is 0 Å². The Balaban J connectivity index is 1.46. The molecule has 1 amide bonds. The lowest BCUT2D eigenvalue weighted by molar-refractivity contribution is 0.0995. The number of aryl methyl sites for hydroxylation is 1. The highest BCUT2D eigenvalue weighted by Crippen LogP contribution is 2.31. The number of hydrogen-bond donors (Lipinski definition) is 1. The van der Waals surface area contributed by atoms with E-state index in [4.69, 9.17) is 10.7 Å². The average molecular weight is 326 g/mol. The summed E-state index contributed by atoms with van der Waals surface area (Å²) in [7, 11) is 0. The fourth-order valence-corrected chi connectivity index (χ4v) is 3.78. The van der Waals surface area contributed by atoms with Gasteiger partial charge in [-0.05, 0) is 32.1 Å². The van der Waals surface area contributed by atoms with E-state index >= 15 is 0 Å². The quantitative estimate of drug-likeness (QED) is 0.923. The van der Waals surface area contributed by atoms with E-state index in [9.17, 15) is 4.79 Å². The number of carbonyl (C=O) groups excluding carboxylic acids is 1. The molecule has 0 bridgehead atoms. The van der Waals surface area contributed by atoms with E-state index in [0.29, 0.717) is 5.92 Å². The van der Waals surface area contributed by atoms with Crippen LogP contribution in [0.1, 0.15) is 53.6 Å². The van der Waals surface area contributed by atoms with Gasteiger partial charge in [0.25, 0.3) is 5.91 Å². The molecular weight excluding hydrogens is 304 g/mol. The van der Waals surface area contributed by atoms with Crippen LogP contribution in [0.2, 0.25) is 0 Å². The number of fused-ring (bicyclic) bond motifs is 1. The summed E-state index contributed by atoms with van der Waals surface area (Å²) in [5, 5.41) is 0. The number of nitrogens with two attached hydrogens (primary N) is 1. The highest BCUT2D eigenvalue weighted by atomic mass is 16.1. The SMILES string of the molecule is NC(=O)c1cncc(N2CCC(c3ncc4n3CCCC4)CC2)n1. The Morgan fingerprint density at radius 1 is 1.12 bits per heavy atom. The van der Waals surface area contributed by atoms with E-state index in [1.165, 1.54) is 30.6 Å². The summed E-state index contributed by atoms with van der Waals surface area (Å²) in [6.45, 7) is 2.89. The summed E-state index contributed by atoms with van der Waals surface area (Å²) < 4.78 is 2.43. The zero-order valence-corrected chi connectivity index (χ0v) is 13.7. The molecule has 0 aromatic carbocycles. The van der Waals surface area contributed by atoms with Gasteiger partial charge < -0.3 is 15.2 Å². The monoisotopic (exact) mass is 326 g/mol. The number of hydrogen-bond acceptors (Lipinski definition) is 5. The largest absolute Gasteiger partial charge is 0.364 e. The molecule has 126 valence electrons. The van der Waals surface area contributed by atoms with Crippen molar-refractivity contribution in [3.8, 4) is 0 Å². The number of amides is 1. The maximum atomic E-state index is 11.3. The second kappa shape index (κ2) is 6.22. The first kappa shape index (κ1) is 15.1. The van der Waals surface area contributed by atoms with Gasteiger partial charge in [0.05, 0.1) is 12.4 Å².